The maximum absolute atomic E-state index is 13.8. The molecule has 2 aromatic carbocycles. The first-order chi connectivity index (χ1) is 11.7. The second-order valence-corrected chi connectivity index (χ2v) is 6.39. The lowest BCUT2D eigenvalue weighted by molar-refractivity contribution is -0.137. The van der Waals surface area contributed by atoms with Crippen LogP contribution in [0.4, 0.5) is 35.1 Å². The molecular weight excluding hydrogens is 400 g/mol. The van der Waals surface area contributed by atoms with E-state index in [1.807, 2.05) is 0 Å². The topological polar surface area (TPSA) is 43.4 Å². The highest BCUT2D eigenvalue weighted by atomic mass is 32.2. The number of alkyl halides is 6. The van der Waals surface area contributed by atoms with E-state index in [1.54, 1.807) is 0 Å². The van der Waals surface area contributed by atoms with Gasteiger partial charge in [-0.3, -0.25) is 0 Å². The van der Waals surface area contributed by atoms with E-state index in [-0.39, 0.29) is 6.07 Å². The summed E-state index contributed by atoms with van der Waals surface area (Å²) in [4.78, 5) is 0. The zero-order chi connectivity index (χ0) is 19.9. The van der Waals surface area contributed by atoms with Gasteiger partial charge in [-0.05, 0) is 35.9 Å². The summed E-state index contributed by atoms with van der Waals surface area (Å²) in [6.07, 6.45) is -5.10. The van der Waals surface area contributed by atoms with E-state index in [1.165, 1.54) is 0 Å². The van der Waals surface area contributed by atoms with Gasteiger partial charge in [0.2, 0.25) is 0 Å². The highest BCUT2D eigenvalue weighted by Crippen LogP contribution is 2.38. The van der Waals surface area contributed by atoms with Crippen molar-refractivity contribution in [1.82, 2.24) is 0 Å². The van der Waals surface area contributed by atoms with Crippen molar-refractivity contribution in [2.24, 2.45) is 0 Å². The molecule has 12 heteroatoms. The first-order valence-corrected chi connectivity index (χ1v) is 7.80. The standard InChI is InChI=1S/C14H6F8O3S/c15-9-1-2-11(12(16)6-9)7-3-8(13(17,18)19)5-10(4-7)25-26(23,24)14(20,21)22/h1-6H. The van der Waals surface area contributed by atoms with Gasteiger partial charge >= 0.3 is 21.8 Å². The summed E-state index contributed by atoms with van der Waals surface area (Å²) in [6.45, 7) is 0. The minimum Gasteiger partial charge on any atom is -0.376 e. The molecule has 0 spiro atoms. The van der Waals surface area contributed by atoms with Crippen LogP contribution in [0, 0.1) is 11.6 Å². The molecule has 0 saturated carbocycles. The first kappa shape index (κ1) is 19.9. The monoisotopic (exact) mass is 406 g/mol. The van der Waals surface area contributed by atoms with Crippen LogP contribution in [0.3, 0.4) is 0 Å². The van der Waals surface area contributed by atoms with Crippen molar-refractivity contribution in [3.63, 3.8) is 0 Å². The van der Waals surface area contributed by atoms with Crippen molar-refractivity contribution in [1.29, 1.82) is 0 Å². The molecule has 0 N–H and O–H groups in total. The van der Waals surface area contributed by atoms with Gasteiger partial charge in [-0.15, -0.1) is 0 Å². The lowest BCUT2D eigenvalue weighted by Gasteiger charge is -2.14. The van der Waals surface area contributed by atoms with Gasteiger partial charge in [0.15, 0.2) is 0 Å². The molecular formula is C14H6F8O3S. The van der Waals surface area contributed by atoms with Crippen LogP contribution >= 0.6 is 0 Å². The summed E-state index contributed by atoms with van der Waals surface area (Å²) < 4.78 is 128. The van der Waals surface area contributed by atoms with Crippen molar-refractivity contribution in [3.8, 4) is 16.9 Å². The predicted octanol–water partition coefficient (Wildman–Crippen LogP) is 4.88. The fourth-order valence-corrected chi connectivity index (χ4v) is 2.31. The minimum absolute atomic E-state index is 0.00815. The molecule has 0 aromatic heterocycles. The summed E-state index contributed by atoms with van der Waals surface area (Å²) in [5.41, 5.74) is -8.75. The number of benzene rings is 2. The van der Waals surface area contributed by atoms with Crippen LogP contribution in [-0.2, 0) is 16.3 Å². The molecule has 0 heterocycles. The van der Waals surface area contributed by atoms with Crippen LogP contribution in [0.25, 0.3) is 11.1 Å². The third-order valence-corrected chi connectivity index (χ3v) is 3.94. The molecule has 2 aromatic rings. The highest BCUT2D eigenvalue weighted by Gasteiger charge is 2.48. The van der Waals surface area contributed by atoms with Gasteiger partial charge in [-0.25, -0.2) is 8.78 Å². The Kier molecular flexibility index (Phi) is 4.92. The zero-order valence-corrected chi connectivity index (χ0v) is 12.9. The lowest BCUT2D eigenvalue weighted by Crippen LogP contribution is -2.28. The van der Waals surface area contributed by atoms with Gasteiger partial charge in [0.1, 0.15) is 17.4 Å². The van der Waals surface area contributed by atoms with Crippen LogP contribution < -0.4 is 4.18 Å². The molecule has 0 amide bonds. The van der Waals surface area contributed by atoms with Crippen LogP contribution in [0.15, 0.2) is 36.4 Å². The maximum atomic E-state index is 13.8. The molecule has 0 bridgehead atoms. The quantitative estimate of drug-likeness (QED) is 0.415. The Morgan fingerprint density at radius 3 is 1.96 bits per heavy atom. The largest absolute Gasteiger partial charge is 0.534 e. The summed E-state index contributed by atoms with van der Waals surface area (Å²) in [5, 5.41) is 0. The predicted molar refractivity (Wildman–Crippen MR) is 72.4 cm³/mol. The number of rotatable bonds is 3. The van der Waals surface area contributed by atoms with Crippen LogP contribution in [0.1, 0.15) is 5.56 Å². The Hall–Kier alpha value is -2.37. The number of hydrogen-bond acceptors (Lipinski definition) is 3. The molecule has 0 aliphatic heterocycles. The zero-order valence-electron chi connectivity index (χ0n) is 12.1. The number of halogens is 8. The van der Waals surface area contributed by atoms with Crippen molar-refractivity contribution < 1.29 is 47.7 Å². The molecule has 0 fully saturated rings. The highest BCUT2D eigenvalue weighted by molar-refractivity contribution is 7.88. The first-order valence-electron chi connectivity index (χ1n) is 6.39. The van der Waals surface area contributed by atoms with Crippen molar-refractivity contribution in [3.05, 3.63) is 53.6 Å². The van der Waals surface area contributed by atoms with Gasteiger partial charge in [0.05, 0.1) is 5.56 Å². The van der Waals surface area contributed by atoms with E-state index < -0.39 is 55.9 Å². The Bertz CT molecular complexity index is 932. The van der Waals surface area contributed by atoms with Crippen molar-refractivity contribution >= 4 is 10.1 Å². The molecule has 0 unspecified atom stereocenters. The van der Waals surface area contributed by atoms with Gasteiger partial charge in [-0.1, -0.05) is 0 Å². The summed E-state index contributed by atoms with van der Waals surface area (Å²) in [5.74, 6) is -3.70. The molecule has 26 heavy (non-hydrogen) atoms. The summed E-state index contributed by atoms with van der Waals surface area (Å²) in [6, 6.07) is 2.59. The summed E-state index contributed by atoms with van der Waals surface area (Å²) in [7, 11) is -6.25. The molecule has 0 saturated heterocycles. The number of hydrogen-bond donors (Lipinski definition) is 0. The van der Waals surface area contributed by atoms with E-state index in [4.69, 9.17) is 0 Å². The molecule has 0 atom stereocenters. The second kappa shape index (κ2) is 6.41. The Balaban J connectivity index is 2.64. The van der Waals surface area contributed by atoms with Gasteiger partial charge in [0.25, 0.3) is 0 Å². The van der Waals surface area contributed by atoms with Crippen molar-refractivity contribution in [2.75, 3.05) is 0 Å². The minimum atomic E-state index is -6.25. The lowest BCUT2D eigenvalue weighted by atomic mass is 10.0. The van der Waals surface area contributed by atoms with E-state index >= 15 is 0 Å². The molecule has 2 rings (SSSR count). The maximum Gasteiger partial charge on any atom is 0.534 e. The Morgan fingerprint density at radius 2 is 1.46 bits per heavy atom. The van der Waals surface area contributed by atoms with Crippen LogP contribution in [0.5, 0.6) is 5.75 Å². The Labute approximate surface area is 140 Å². The van der Waals surface area contributed by atoms with E-state index in [2.05, 4.69) is 4.18 Å². The van der Waals surface area contributed by atoms with E-state index in [0.717, 1.165) is 6.07 Å². The third-order valence-electron chi connectivity index (χ3n) is 2.97. The fraction of sp³-hybridized carbons (Fsp3) is 0.143. The average Bonchev–Trinajstić information content (AvgIpc) is 2.44. The molecule has 0 radical (unpaired) electrons. The molecule has 142 valence electrons. The van der Waals surface area contributed by atoms with Crippen molar-refractivity contribution in [2.45, 2.75) is 11.7 Å². The van der Waals surface area contributed by atoms with Gasteiger partial charge in [-0.2, -0.15) is 34.8 Å². The SMILES string of the molecule is O=S(=O)(Oc1cc(-c2ccc(F)cc2F)cc(C(F)(F)F)c1)C(F)(F)F. The second-order valence-electron chi connectivity index (χ2n) is 4.85. The normalized spacial score (nSPS) is 12.9. The molecule has 0 aliphatic carbocycles. The third kappa shape index (κ3) is 4.23. The van der Waals surface area contributed by atoms with Crippen LogP contribution in [-0.4, -0.2) is 13.9 Å². The molecule has 0 aliphatic rings. The van der Waals surface area contributed by atoms with Gasteiger partial charge in [0, 0.05) is 11.6 Å². The smallest absolute Gasteiger partial charge is 0.376 e. The van der Waals surface area contributed by atoms with E-state index in [0.29, 0.717) is 24.3 Å². The van der Waals surface area contributed by atoms with Crippen LogP contribution in [0.2, 0.25) is 0 Å². The van der Waals surface area contributed by atoms with Gasteiger partial charge < -0.3 is 4.18 Å². The fourth-order valence-electron chi connectivity index (χ4n) is 1.86. The van der Waals surface area contributed by atoms with E-state index in [9.17, 15) is 43.5 Å². The Morgan fingerprint density at radius 1 is 0.846 bits per heavy atom. The summed E-state index contributed by atoms with van der Waals surface area (Å²) >= 11 is 0. The molecule has 3 nitrogen and oxygen atoms in total. The average molecular weight is 406 g/mol.